The molecule has 2 saturated carbocycles. The topological polar surface area (TPSA) is 112 Å². The minimum atomic E-state index is 0.269. The first-order chi connectivity index (χ1) is 17.1. The fraction of sp³-hybridized carbons (Fsp3) is 0.577. The van der Waals surface area contributed by atoms with E-state index >= 15 is 0 Å². The smallest absolute Gasteiger partial charge is 0.222 e. The van der Waals surface area contributed by atoms with E-state index in [0.717, 1.165) is 67.3 Å². The van der Waals surface area contributed by atoms with Crippen molar-refractivity contribution < 1.29 is 9.47 Å². The summed E-state index contributed by atoms with van der Waals surface area (Å²) in [6, 6.07) is 6.92. The highest BCUT2D eigenvalue weighted by molar-refractivity contribution is 5.86. The molecule has 2 aliphatic carbocycles. The summed E-state index contributed by atoms with van der Waals surface area (Å²) < 4.78 is 13.2. The number of nitrogen functional groups attached to an aromatic ring is 1. The summed E-state index contributed by atoms with van der Waals surface area (Å²) in [5, 5.41) is 11.8. The van der Waals surface area contributed by atoms with Gasteiger partial charge in [0.05, 0.1) is 19.9 Å². The third-order valence-electron chi connectivity index (χ3n) is 7.95. The summed E-state index contributed by atoms with van der Waals surface area (Å²) >= 11 is 0. The summed E-state index contributed by atoms with van der Waals surface area (Å²) in [5.74, 6) is 2.60. The molecule has 3 aromatic rings. The van der Waals surface area contributed by atoms with Gasteiger partial charge >= 0.3 is 0 Å². The van der Waals surface area contributed by atoms with E-state index in [1.54, 1.807) is 13.3 Å². The molecule has 35 heavy (non-hydrogen) atoms. The molecule has 0 radical (unpaired) electrons. The lowest BCUT2D eigenvalue weighted by molar-refractivity contribution is 0.0776. The molecular formula is C26H35N7O2. The van der Waals surface area contributed by atoms with Gasteiger partial charge in [0.25, 0.3) is 0 Å². The van der Waals surface area contributed by atoms with Gasteiger partial charge in [-0.25, -0.2) is 4.98 Å². The average Bonchev–Trinajstić information content (AvgIpc) is 3.56. The van der Waals surface area contributed by atoms with E-state index in [-0.39, 0.29) is 5.95 Å². The van der Waals surface area contributed by atoms with Crippen LogP contribution in [0.15, 0.2) is 24.4 Å². The highest BCUT2D eigenvalue weighted by Gasteiger charge is 2.52. The van der Waals surface area contributed by atoms with Crippen molar-refractivity contribution in [1.29, 1.82) is 0 Å². The van der Waals surface area contributed by atoms with Crippen molar-refractivity contribution in [2.45, 2.75) is 57.7 Å². The van der Waals surface area contributed by atoms with E-state index in [1.807, 2.05) is 4.68 Å². The van der Waals surface area contributed by atoms with Gasteiger partial charge in [-0.05, 0) is 61.5 Å². The number of benzene rings is 1. The van der Waals surface area contributed by atoms with Crippen molar-refractivity contribution in [2.24, 2.45) is 11.3 Å². The highest BCUT2D eigenvalue weighted by Crippen LogP contribution is 2.63. The van der Waals surface area contributed by atoms with E-state index in [4.69, 9.17) is 15.2 Å². The number of hydrogen-bond acceptors (Lipinski definition) is 8. The minimum Gasteiger partial charge on any atom is -0.496 e. The molecule has 6 rings (SSSR count). The molecule has 3 aliphatic rings. The standard InChI is InChI=1S/C26H35N7O2/c1-34-22-10-17(13-28-20-4-8-35-9-5-20)2-3-19(22)16-33-23-21(15-30-33)31-25(27)32-24(23)29-14-18-11-26(12-18)6-7-26/h2-3,10,15,18,20,28H,4-9,11-14,16H2,1H3,(H3,27,29,31,32). The maximum atomic E-state index is 6.00. The van der Waals surface area contributed by atoms with Crippen LogP contribution in [0.1, 0.15) is 49.7 Å². The second-order valence-corrected chi connectivity index (χ2v) is 10.5. The molecule has 0 unspecified atom stereocenters. The second kappa shape index (κ2) is 9.28. The average molecular weight is 478 g/mol. The van der Waals surface area contributed by atoms with Crippen molar-refractivity contribution in [3.63, 3.8) is 0 Å². The van der Waals surface area contributed by atoms with Crippen LogP contribution in [0.2, 0.25) is 0 Å². The molecule has 1 aromatic carbocycles. The van der Waals surface area contributed by atoms with Crippen molar-refractivity contribution in [3.05, 3.63) is 35.5 Å². The van der Waals surface area contributed by atoms with Gasteiger partial charge in [0.15, 0.2) is 5.82 Å². The van der Waals surface area contributed by atoms with Gasteiger partial charge in [-0.1, -0.05) is 12.1 Å². The SMILES string of the molecule is COc1cc(CNC2CCOCC2)ccc1Cn1ncc2nc(N)nc(NCC3CC4(CC4)C3)c21. The third kappa shape index (κ3) is 4.79. The number of hydrogen-bond donors (Lipinski definition) is 3. The molecule has 9 heteroatoms. The molecule has 3 heterocycles. The fourth-order valence-electron chi connectivity index (χ4n) is 5.75. The van der Waals surface area contributed by atoms with Crippen molar-refractivity contribution in [1.82, 2.24) is 25.1 Å². The largest absolute Gasteiger partial charge is 0.496 e. The van der Waals surface area contributed by atoms with Crippen molar-refractivity contribution in [2.75, 3.05) is 37.9 Å². The zero-order valence-corrected chi connectivity index (χ0v) is 20.4. The van der Waals surface area contributed by atoms with E-state index in [1.165, 1.54) is 31.2 Å². The number of aromatic nitrogens is 4. The number of nitrogens with two attached hydrogens (primary N) is 1. The zero-order chi connectivity index (χ0) is 23.8. The van der Waals surface area contributed by atoms with Gasteiger partial charge in [0.2, 0.25) is 5.95 Å². The van der Waals surface area contributed by atoms with Gasteiger partial charge in [0.1, 0.15) is 16.8 Å². The lowest BCUT2D eigenvalue weighted by atomic mass is 9.72. The zero-order valence-electron chi connectivity index (χ0n) is 20.4. The Kier molecular flexibility index (Phi) is 5.98. The van der Waals surface area contributed by atoms with Crippen molar-refractivity contribution >= 4 is 22.8 Å². The molecule has 1 saturated heterocycles. The fourth-order valence-corrected chi connectivity index (χ4v) is 5.75. The lowest BCUT2D eigenvalue weighted by Crippen LogP contribution is -2.34. The van der Waals surface area contributed by atoms with Gasteiger partial charge in [0, 0.05) is 37.9 Å². The van der Waals surface area contributed by atoms with Gasteiger partial charge in [-0.3, -0.25) is 4.68 Å². The Labute approximate surface area is 205 Å². The second-order valence-electron chi connectivity index (χ2n) is 10.5. The molecule has 3 fully saturated rings. The van der Waals surface area contributed by atoms with E-state index in [2.05, 4.69) is 43.9 Å². The highest BCUT2D eigenvalue weighted by atomic mass is 16.5. The Balaban J connectivity index is 1.18. The summed E-state index contributed by atoms with van der Waals surface area (Å²) in [6.45, 7) is 3.97. The van der Waals surface area contributed by atoms with Gasteiger partial charge in [-0.2, -0.15) is 10.1 Å². The van der Waals surface area contributed by atoms with Crippen LogP contribution < -0.4 is 21.1 Å². The number of anilines is 2. The molecule has 0 bridgehead atoms. The Hall–Kier alpha value is -2.91. The number of rotatable bonds is 9. The van der Waals surface area contributed by atoms with Crippen LogP contribution in [-0.4, -0.2) is 52.7 Å². The number of nitrogens with one attached hydrogen (secondary N) is 2. The number of ether oxygens (including phenoxy) is 2. The molecule has 0 amide bonds. The predicted octanol–water partition coefficient (Wildman–Crippen LogP) is 3.34. The normalized spacial score (nSPS) is 19.7. The Morgan fingerprint density at radius 2 is 2.03 bits per heavy atom. The summed E-state index contributed by atoms with van der Waals surface area (Å²) in [4.78, 5) is 8.94. The summed E-state index contributed by atoms with van der Waals surface area (Å²) in [5.41, 5.74) is 10.6. The molecule has 4 N–H and O–H groups in total. The number of fused-ring (bicyclic) bond motifs is 1. The number of methoxy groups -OCH3 is 1. The molecule has 2 aromatic heterocycles. The molecule has 1 spiro atoms. The van der Waals surface area contributed by atoms with E-state index in [0.29, 0.717) is 23.9 Å². The third-order valence-corrected chi connectivity index (χ3v) is 7.95. The molecule has 0 atom stereocenters. The monoisotopic (exact) mass is 477 g/mol. The maximum absolute atomic E-state index is 6.00. The predicted molar refractivity (Wildman–Crippen MR) is 135 cm³/mol. The molecule has 9 nitrogen and oxygen atoms in total. The first-order valence-electron chi connectivity index (χ1n) is 12.8. The Bertz CT molecular complexity index is 1190. The quantitative estimate of drug-likeness (QED) is 0.430. The summed E-state index contributed by atoms with van der Waals surface area (Å²) in [6.07, 6.45) is 9.37. The number of nitrogens with zero attached hydrogens (tertiary/aromatic N) is 4. The molecule has 186 valence electrons. The van der Waals surface area contributed by atoms with Gasteiger partial charge in [-0.15, -0.1) is 0 Å². The van der Waals surface area contributed by atoms with Crippen LogP contribution in [0.3, 0.4) is 0 Å². The minimum absolute atomic E-state index is 0.269. The van der Waals surface area contributed by atoms with Crippen LogP contribution in [-0.2, 0) is 17.8 Å². The molecule has 1 aliphatic heterocycles. The van der Waals surface area contributed by atoms with Crippen LogP contribution >= 0.6 is 0 Å². The van der Waals surface area contributed by atoms with Crippen LogP contribution in [0.25, 0.3) is 11.0 Å². The first kappa shape index (κ1) is 22.5. The van der Waals surface area contributed by atoms with E-state index in [9.17, 15) is 0 Å². The lowest BCUT2D eigenvalue weighted by Gasteiger charge is -2.36. The first-order valence-corrected chi connectivity index (χ1v) is 12.8. The van der Waals surface area contributed by atoms with Crippen LogP contribution in [0, 0.1) is 11.3 Å². The Morgan fingerprint density at radius 1 is 1.20 bits per heavy atom. The Morgan fingerprint density at radius 3 is 2.80 bits per heavy atom. The summed E-state index contributed by atoms with van der Waals surface area (Å²) in [7, 11) is 1.72. The van der Waals surface area contributed by atoms with Crippen LogP contribution in [0.5, 0.6) is 5.75 Å². The maximum Gasteiger partial charge on any atom is 0.222 e. The van der Waals surface area contributed by atoms with E-state index < -0.39 is 0 Å². The molecular weight excluding hydrogens is 442 g/mol. The van der Waals surface area contributed by atoms with Crippen molar-refractivity contribution in [3.8, 4) is 5.75 Å². The van der Waals surface area contributed by atoms with Gasteiger partial charge < -0.3 is 25.8 Å². The van der Waals surface area contributed by atoms with Crippen LogP contribution in [0.4, 0.5) is 11.8 Å².